The number of carbonyl (C=O) groups excluding carboxylic acids is 2. The molecule has 0 heterocycles. The molecule has 1 unspecified atom stereocenters. The highest BCUT2D eigenvalue weighted by Gasteiger charge is 2.16. The molecule has 1 rings (SSSR count). The monoisotopic (exact) mass is 596 g/mol. The van der Waals surface area contributed by atoms with Crippen molar-refractivity contribution >= 4 is 23.7 Å². The zero-order valence-corrected chi connectivity index (χ0v) is 25.5. The summed E-state index contributed by atoms with van der Waals surface area (Å²) in [5.41, 5.74) is -0.185. The Kier molecular flexibility index (Phi) is 21.0. The first-order valence-corrected chi connectivity index (χ1v) is 15.0. The number of allylic oxidation sites excluding steroid dienone is 10. The van der Waals surface area contributed by atoms with Crippen molar-refractivity contribution in [3.05, 3.63) is 84.5 Å². The zero-order valence-electron chi connectivity index (χ0n) is 25.5. The highest BCUT2D eigenvalue weighted by atomic mass is 16.5. The van der Waals surface area contributed by atoms with Crippen LogP contribution in [0.3, 0.4) is 0 Å². The second-order valence-corrected chi connectivity index (χ2v) is 9.56. The van der Waals surface area contributed by atoms with E-state index in [0.717, 1.165) is 63.5 Å². The van der Waals surface area contributed by atoms with Crippen LogP contribution in [0.15, 0.2) is 79.0 Å². The number of benzene rings is 1. The summed E-state index contributed by atoms with van der Waals surface area (Å²) >= 11 is 0. The van der Waals surface area contributed by atoms with E-state index >= 15 is 0 Å². The van der Waals surface area contributed by atoms with Gasteiger partial charge in [-0.25, -0.2) is 9.59 Å². The number of rotatable bonds is 22. The van der Waals surface area contributed by atoms with Crippen LogP contribution in [-0.2, 0) is 14.3 Å². The molecule has 0 saturated heterocycles. The van der Waals surface area contributed by atoms with Crippen molar-refractivity contribution in [1.29, 1.82) is 0 Å². The first kappa shape index (κ1) is 36.9. The Labute approximate surface area is 256 Å². The third-order valence-corrected chi connectivity index (χ3v) is 6.01. The molecule has 0 aliphatic rings. The lowest BCUT2D eigenvalue weighted by molar-refractivity contribution is -0.133. The normalized spacial score (nSPS) is 12.6. The molecule has 0 radical (unpaired) electrons. The Morgan fingerprint density at radius 1 is 0.837 bits per heavy atom. The van der Waals surface area contributed by atoms with Gasteiger partial charge in [-0.05, 0) is 76.0 Å². The molecular weight excluding hydrogens is 548 g/mol. The minimum atomic E-state index is -1.32. The van der Waals surface area contributed by atoms with E-state index in [1.54, 1.807) is 0 Å². The number of aromatic hydroxyl groups is 1. The lowest BCUT2D eigenvalue weighted by Gasteiger charge is -2.16. The van der Waals surface area contributed by atoms with Gasteiger partial charge in [0.25, 0.3) is 0 Å². The summed E-state index contributed by atoms with van der Waals surface area (Å²) in [5, 5.41) is 23.6. The first-order valence-electron chi connectivity index (χ1n) is 15.0. The molecule has 0 fully saturated rings. The summed E-state index contributed by atoms with van der Waals surface area (Å²) in [6.07, 6.45) is 28.7. The van der Waals surface area contributed by atoms with Crippen molar-refractivity contribution in [3.8, 4) is 5.75 Å². The number of anilines is 1. The SMILES string of the molecule is CCC=CCC=CCC=CCC=CCC=CCCCCOC(CC)C(=O)NCCOC(=O)Nc1ccc(O)c(C(=O)O)c1. The summed E-state index contributed by atoms with van der Waals surface area (Å²) in [5.74, 6) is -2.00. The van der Waals surface area contributed by atoms with Gasteiger partial charge in [0.05, 0.1) is 6.54 Å². The minimum Gasteiger partial charge on any atom is -0.507 e. The fraction of sp³-hybridized carbons (Fsp3) is 0.441. The van der Waals surface area contributed by atoms with Crippen molar-refractivity contribution in [1.82, 2.24) is 5.32 Å². The van der Waals surface area contributed by atoms with Crippen LogP contribution >= 0.6 is 0 Å². The van der Waals surface area contributed by atoms with E-state index < -0.39 is 23.9 Å². The van der Waals surface area contributed by atoms with Gasteiger partial charge in [-0.15, -0.1) is 0 Å². The van der Waals surface area contributed by atoms with Gasteiger partial charge in [0, 0.05) is 12.3 Å². The van der Waals surface area contributed by atoms with Crippen molar-refractivity contribution in [2.45, 2.75) is 77.7 Å². The number of carboxylic acids is 1. The Bertz CT molecular complexity index is 1110. The van der Waals surface area contributed by atoms with Crippen LogP contribution in [0.1, 0.15) is 82.0 Å². The maximum absolute atomic E-state index is 12.4. The van der Waals surface area contributed by atoms with Crippen LogP contribution in [-0.4, -0.2) is 54.0 Å². The largest absolute Gasteiger partial charge is 0.507 e. The van der Waals surface area contributed by atoms with Crippen LogP contribution in [0.5, 0.6) is 5.75 Å². The molecule has 43 heavy (non-hydrogen) atoms. The van der Waals surface area contributed by atoms with Gasteiger partial charge in [-0.1, -0.05) is 74.6 Å². The van der Waals surface area contributed by atoms with E-state index in [0.29, 0.717) is 13.0 Å². The predicted molar refractivity (Wildman–Crippen MR) is 171 cm³/mol. The average molecular weight is 597 g/mol. The third-order valence-electron chi connectivity index (χ3n) is 6.01. The Balaban J connectivity index is 2.10. The number of ether oxygens (including phenoxy) is 2. The molecule has 2 amide bonds. The Morgan fingerprint density at radius 2 is 1.44 bits per heavy atom. The molecule has 0 aliphatic heterocycles. The highest BCUT2D eigenvalue weighted by molar-refractivity contribution is 5.94. The molecule has 0 bridgehead atoms. The van der Waals surface area contributed by atoms with E-state index in [4.69, 9.17) is 14.6 Å². The van der Waals surface area contributed by atoms with Crippen molar-refractivity contribution in [2.24, 2.45) is 0 Å². The number of carboxylic acid groups (broad SMARTS) is 1. The second kappa shape index (κ2) is 24.5. The van der Waals surface area contributed by atoms with Crippen LogP contribution in [0, 0.1) is 0 Å². The number of unbranched alkanes of at least 4 members (excludes halogenated alkanes) is 2. The van der Waals surface area contributed by atoms with Gasteiger partial charge in [0.1, 0.15) is 24.0 Å². The Morgan fingerprint density at radius 3 is 2.02 bits per heavy atom. The first-order chi connectivity index (χ1) is 20.9. The predicted octanol–water partition coefficient (Wildman–Crippen LogP) is 7.47. The number of phenols is 1. The maximum Gasteiger partial charge on any atom is 0.411 e. The Hall–Kier alpha value is -4.11. The summed E-state index contributed by atoms with van der Waals surface area (Å²) < 4.78 is 10.7. The van der Waals surface area contributed by atoms with Gasteiger partial charge in [0.2, 0.25) is 5.91 Å². The van der Waals surface area contributed by atoms with Crippen molar-refractivity contribution in [3.63, 3.8) is 0 Å². The number of hydrogen-bond acceptors (Lipinski definition) is 6. The quantitative estimate of drug-likeness (QED) is 0.0619. The summed E-state index contributed by atoms with van der Waals surface area (Å²) in [6.45, 7) is 4.52. The molecule has 1 aromatic rings. The molecule has 0 aliphatic carbocycles. The van der Waals surface area contributed by atoms with Gasteiger partial charge in [0.15, 0.2) is 0 Å². The third kappa shape index (κ3) is 18.8. The number of carbonyl (C=O) groups is 3. The molecule has 0 aromatic heterocycles. The lowest BCUT2D eigenvalue weighted by Crippen LogP contribution is -2.38. The standard InChI is InChI=1S/C34H48N2O7/c1-3-5-6-7-8-9-10-11-12-13-14-15-16-17-18-19-20-21-25-42-31(4-2)32(38)35-24-26-43-34(41)36-28-22-23-30(37)29(27-28)33(39)40/h5-6,8-9,11-12,14-15,17-18,22-23,27,31,37H,3-4,7,10,13,16,19-21,24-26H2,1-2H3,(H,35,38)(H,36,41)(H,39,40). The van der Waals surface area contributed by atoms with Crippen LogP contribution in [0.25, 0.3) is 0 Å². The van der Waals surface area contributed by atoms with E-state index in [9.17, 15) is 19.5 Å². The summed E-state index contributed by atoms with van der Waals surface area (Å²) in [4.78, 5) is 35.4. The zero-order chi connectivity index (χ0) is 31.5. The molecule has 9 heteroatoms. The van der Waals surface area contributed by atoms with Crippen molar-refractivity contribution < 1.29 is 34.1 Å². The summed E-state index contributed by atoms with van der Waals surface area (Å²) in [6, 6.07) is 3.62. The smallest absolute Gasteiger partial charge is 0.411 e. The average Bonchev–Trinajstić information content (AvgIpc) is 2.99. The van der Waals surface area contributed by atoms with Gasteiger partial charge >= 0.3 is 12.1 Å². The minimum absolute atomic E-state index is 0.0782. The number of hydrogen-bond donors (Lipinski definition) is 4. The van der Waals surface area contributed by atoms with E-state index in [1.165, 1.54) is 6.07 Å². The fourth-order valence-corrected chi connectivity index (χ4v) is 3.71. The molecular formula is C34H48N2O7. The van der Waals surface area contributed by atoms with Crippen LogP contribution in [0.2, 0.25) is 0 Å². The number of amides is 2. The van der Waals surface area contributed by atoms with E-state index in [1.807, 2.05) is 6.92 Å². The molecule has 1 aromatic carbocycles. The number of nitrogens with one attached hydrogen (secondary N) is 2. The van der Waals surface area contributed by atoms with Gasteiger partial charge in [-0.2, -0.15) is 0 Å². The van der Waals surface area contributed by atoms with Gasteiger partial charge in [-0.3, -0.25) is 10.1 Å². The van der Waals surface area contributed by atoms with Crippen LogP contribution < -0.4 is 10.6 Å². The van der Waals surface area contributed by atoms with E-state index in [-0.39, 0.29) is 30.3 Å². The van der Waals surface area contributed by atoms with Gasteiger partial charge < -0.3 is 25.0 Å². The maximum atomic E-state index is 12.4. The molecule has 0 spiro atoms. The van der Waals surface area contributed by atoms with E-state index in [2.05, 4.69) is 78.3 Å². The molecule has 0 saturated carbocycles. The van der Waals surface area contributed by atoms with Crippen molar-refractivity contribution in [2.75, 3.05) is 25.1 Å². The molecule has 9 nitrogen and oxygen atoms in total. The highest BCUT2D eigenvalue weighted by Crippen LogP contribution is 2.21. The summed E-state index contributed by atoms with van der Waals surface area (Å²) in [7, 11) is 0. The fourth-order valence-electron chi connectivity index (χ4n) is 3.71. The molecule has 1 atom stereocenters. The topological polar surface area (TPSA) is 134 Å². The number of aromatic carboxylic acids is 1. The lowest BCUT2D eigenvalue weighted by atomic mass is 10.2. The molecule has 236 valence electrons. The second-order valence-electron chi connectivity index (χ2n) is 9.56. The molecule has 4 N–H and O–H groups in total. The van der Waals surface area contributed by atoms with Crippen LogP contribution in [0.4, 0.5) is 10.5 Å².